The molecular weight excluding hydrogens is 599 g/mol. The highest BCUT2D eigenvalue weighted by atomic mass is 28.3. The second-order valence-electron chi connectivity index (χ2n) is 11.9. The number of nitrogens with zero attached hydrogens (tertiary/aromatic N) is 3. The maximum atomic E-state index is 10.5. The normalized spacial score (nSPS) is 11.3. The van der Waals surface area contributed by atoms with Crippen LogP contribution in [-0.4, -0.2) is 12.6 Å². The molecule has 0 aliphatic heterocycles. The third-order valence-electron chi connectivity index (χ3n) is 9.41. The number of benzene rings is 7. The monoisotopic (exact) mass is 627 g/mol. The first-order valence-electron chi connectivity index (χ1n) is 16.0. The molecule has 48 heavy (non-hydrogen) atoms. The molecule has 0 saturated carbocycles. The molecule has 0 aliphatic rings. The van der Waals surface area contributed by atoms with Gasteiger partial charge in [0.1, 0.15) is 6.07 Å². The first-order chi connectivity index (χ1) is 23.7. The summed E-state index contributed by atoms with van der Waals surface area (Å²) in [6.45, 7) is 0. The summed E-state index contributed by atoms with van der Waals surface area (Å²) in [4.78, 5) is 0. The molecule has 7 aromatic carbocycles. The average molecular weight is 628 g/mol. The number of rotatable bonds is 6. The van der Waals surface area contributed by atoms with Gasteiger partial charge in [-0.2, -0.15) is 10.5 Å². The van der Waals surface area contributed by atoms with Crippen molar-refractivity contribution in [2.45, 2.75) is 0 Å². The number of hydrogen-bond acceptors (Lipinski definition) is 2. The second-order valence-corrected chi connectivity index (χ2v) is 15.7. The lowest BCUT2D eigenvalue weighted by Crippen LogP contribution is -2.74. The molecule has 0 bridgehead atoms. The van der Waals surface area contributed by atoms with Crippen molar-refractivity contribution in [1.29, 1.82) is 10.5 Å². The minimum atomic E-state index is -2.77. The van der Waals surface area contributed by atoms with Crippen LogP contribution in [0.1, 0.15) is 11.1 Å². The summed E-state index contributed by atoms with van der Waals surface area (Å²) < 4.78 is 2.20. The molecule has 0 unspecified atom stereocenters. The van der Waals surface area contributed by atoms with Crippen LogP contribution < -0.4 is 20.7 Å². The molecule has 4 heteroatoms. The van der Waals surface area contributed by atoms with E-state index < -0.39 is 8.07 Å². The third-order valence-corrected chi connectivity index (χ3v) is 14.2. The Morgan fingerprint density at radius 1 is 0.438 bits per heavy atom. The molecule has 3 nitrogen and oxygen atoms in total. The van der Waals surface area contributed by atoms with Crippen LogP contribution in [0.25, 0.3) is 38.6 Å². The van der Waals surface area contributed by atoms with Crippen LogP contribution in [0.2, 0.25) is 0 Å². The molecule has 0 atom stereocenters. The lowest BCUT2D eigenvalue weighted by Gasteiger charge is -2.34. The molecule has 224 valence electrons. The molecule has 0 aliphatic carbocycles. The number of para-hydroxylation sites is 2. The molecule has 8 aromatic rings. The van der Waals surface area contributed by atoms with Crippen molar-refractivity contribution in [2.24, 2.45) is 0 Å². The van der Waals surface area contributed by atoms with Crippen molar-refractivity contribution >= 4 is 50.6 Å². The van der Waals surface area contributed by atoms with Gasteiger partial charge in [-0.1, -0.05) is 146 Å². The van der Waals surface area contributed by atoms with Gasteiger partial charge in [-0.25, -0.2) is 0 Å². The Labute approximate surface area is 280 Å². The van der Waals surface area contributed by atoms with Crippen LogP contribution in [-0.2, 0) is 0 Å². The fourth-order valence-corrected chi connectivity index (χ4v) is 12.2. The van der Waals surface area contributed by atoms with Crippen molar-refractivity contribution in [1.82, 2.24) is 4.57 Å². The number of hydrogen-bond donors (Lipinski definition) is 0. The largest absolute Gasteiger partial charge is 0.307 e. The summed E-state index contributed by atoms with van der Waals surface area (Å²) >= 11 is 0. The first-order valence-corrected chi connectivity index (χ1v) is 18.0. The topological polar surface area (TPSA) is 52.5 Å². The van der Waals surface area contributed by atoms with Crippen LogP contribution in [0.5, 0.6) is 0 Å². The molecular formula is C44H29N3Si. The van der Waals surface area contributed by atoms with E-state index in [-0.39, 0.29) is 0 Å². The zero-order valence-corrected chi connectivity index (χ0v) is 27.1. The Bertz CT molecular complexity index is 2430. The first kappa shape index (κ1) is 29.0. The highest BCUT2D eigenvalue weighted by Crippen LogP contribution is 2.38. The number of nitriles is 2. The summed E-state index contributed by atoms with van der Waals surface area (Å²) in [6.07, 6.45) is 0. The molecule has 0 amide bonds. The molecule has 1 heterocycles. The predicted molar refractivity (Wildman–Crippen MR) is 199 cm³/mol. The van der Waals surface area contributed by atoms with Gasteiger partial charge >= 0.3 is 0 Å². The molecule has 0 N–H and O–H groups in total. The van der Waals surface area contributed by atoms with Gasteiger partial charge in [0.2, 0.25) is 0 Å². The van der Waals surface area contributed by atoms with Crippen molar-refractivity contribution in [3.63, 3.8) is 0 Å². The Kier molecular flexibility index (Phi) is 7.27. The van der Waals surface area contributed by atoms with Gasteiger partial charge in [0.15, 0.2) is 8.07 Å². The van der Waals surface area contributed by atoms with E-state index in [9.17, 15) is 10.5 Å². The third kappa shape index (κ3) is 4.55. The lowest BCUT2D eigenvalue weighted by atomic mass is 10.00. The van der Waals surface area contributed by atoms with Gasteiger partial charge in [0, 0.05) is 16.3 Å². The van der Waals surface area contributed by atoms with Gasteiger partial charge in [0.25, 0.3) is 0 Å². The Balaban J connectivity index is 1.45. The van der Waals surface area contributed by atoms with E-state index in [0.29, 0.717) is 11.1 Å². The maximum Gasteiger partial charge on any atom is 0.179 e. The van der Waals surface area contributed by atoms with E-state index in [0.717, 1.165) is 38.6 Å². The lowest BCUT2D eigenvalue weighted by molar-refractivity contribution is 1.17. The van der Waals surface area contributed by atoms with Crippen LogP contribution >= 0.6 is 0 Å². The van der Waals surface area contributed by atoms with Crippen molar-refractivity contribution in [3.05, 3.63) is 187 Å². The summed E-state index contributed by atoms with van der Waals surface area (Å²) in [5.74, 6) is 0. The molecule has 1 aromatic heterocycles. The van der Waals surface area contributed by atoms with Crippen molar-refractivity contribution < 1.29 is 0 Å². The molecule has 8 rings (SSSR count). The standard InChI is InChI=1S/C44H29N3Si/c45-30-32-26-27-43-41(28-32)40-23-10-11-25-42(40)47(43)44-34(31-46)15-13-24-39(44)33-14-12-22-38(29-33)48(35-16-4-1-5-17-35,36-18-6-2-7-19-36)37-20-8-3-9-21-37/h1-29H. The van der Waals surface area contributed by atoms with Gasteiger partial charge in [-0.3, -0.25) is 0 Å². The highest BCUT2D eigenvalue weighted by Gasteiger charge is 2.41. The average Bonchev–Trinajstić information content (AvgIpc) is 3.49. The predicted octanol–water partition coefficient (Wildman–Crippen LogP) is 7.57. The van der Waals surface area contributed by atoms with E-state index in [1.165, 1.54) is 20.7 Å². The fraction of sp³-hybridized carbons (Fsp3) is 0. The fourth-order valence-electron chi connectivity index (χ4n) is 7.38. The highest BCUT2D eigenvalue weighted by molar-refractivity contribution is 7.19. The van der Waals surface area contributed by atoms with E-state index in [1.54, 1.807) is 0 Å². The summed E-state index contributed by atoms with van der Waals surface area (Å²) in [7, 11) is -2.77. The van der Waals surface area contributed by atoms with Crippen LogP contribution in [0, 0.1) is 22.7 Å². The summed E-state index contributed by atoms with van der Waals surface area (Å²) in [5.41, 5.74) is 5.98. The summed E-state index contributed by atoms with van der Waals surface area (Å²) in [6, 6.07) is 66.5. The second kappa shape index (κ2) is 12.0. The van der Waals surface area contributed by atoms with Gasteiger partial charge in [-0.15, -0.1) is 0 Å². The Morgan fingerprint density at radius 3 is 1.62 bits per heavy atom. The minimum Gasteiger partial charge on any atom is -0.307 e. The zero-order chi connectivity index (χ0) is 32.5. The Hall–Kier alpha value is -6.46. The minimum absolute atomic E-state index is 0.586. The quantitative estimate of drug-likeness (QED) is 0.141. The molecule has 0 radical (unpaired) electrons. The van der Waals surface area contributed by atoms with Crippen LogP contribution in [0.15, 0.2) is 176 Å². The zero-order valence-electron chi connectivity index (χ0n) is 26.1. The van der Waals surface area contributed by atoms with E-state index in [1.807, 2.05) is 42.5 Å². The van der Waals surface area contributed by atoms with Gasteiger partial charge < -0.3 is 4.57 Å². The number of fused-ring (bicyclic) bond motifs is 3. The van der Waals surface area contributed by atoms with E-state index >= 15 is 0 Å². The maximum absolute atomic E-state index is 10.5. The van der Waals surface area contributed by atoms with Gasteiger partial charge in [-0.05, 0) is 56.6 Å². The molecule has 0 saturated heterocycles. The van der Waals surface area contributed by atoms with E-state index in [4.69, 9.17) is 0 Å². The Morgan fingerprint density at radius 2 is 1.00 bits per heavy atom. The SMILES string of the molecule is N#Cc1ccc2c(c1)c1ccccc1n2-c1c(C#N)cccc1-c1cccc([Si](c2ccccc2)(c2ccccc2)c2ccccc2)c1. The smallest absolute Gasteiger partial charge is 0.179 e. The molecule has 0 spiro atoms. The molecule has 0 fully saturated rings. The van der Waals surface area contributed by atoms with E-state index in [2.05, 4.69) is 150 Å². The summed E-state index contributed by atoms with van der Waals surface area (Å²) in [5, 5.41) is 27.5. The van der Waals surface area contributed by atoms with Crippen molar-refractivity contribution in [2.75, 3.05) is 0 Å². The van der Waals surface area contributed by atoms with Crippen LogP contribution in [0.4, 0.5) is 0 Å². The van der Waals surface area contributed by atoms with Crippen molar-refractivity contribution in [3.8, 4) is 29.0 Å². The number of aromatic nitrogens is 1. The van der Waals surface area contributed by atoms with Crippen LogP contribution in [0.3, 0.4) is 0 Å². The van der Waals surface area contributed by atoms with Gasteiger partial charge in [0.05, 0.1) is 33.9 Å².